The van der Waals surface area contributed by atoms with Gasteiger partial charge in [0, 0.05) is 16.7 Å². The van der Waals surface area contributed by atoms with Crippen molar-refractivity contribution >= 4 is 17.3 Å². The van der Waals surface area contributed by atoms with E-state index in [4.69, 9.17) is 9.73 Å². The SMILES string of the molecule is COc1ccccc1C1=NC2(CCNCC2)C(=O)Nc2ccc(-c3ccc(F)c(F)c3F)cc21. The second-order valence-electron chi connectivity index (χ2n) is 8.38. The molecule has 1 saturated heterocycles. The predicted octanol–water partition coefficient (Wildman–Crippen LogP) is 4.69. The van der Waals surface area contributed by atoms with Gasteiger partial charge in [-0.05, 0) is 67.9 Å². The summed E-state index contributed by atoms with van der Waals surface area (Å²) in [7, 11) is 1.55. The summed E-state index contributed by atoms with van der Waals surface area (Å²) in [4.78, 5) is 18.4. The zero-order chi connectivity index (χ0) is 23.9. The van der Waals surface area contributed by atoms with E-state index >= 15 is 0 Å². The third kappa shape index (κ3) is 3.64. The lowest BCUT2D eigenvalue weighted by Crippen LogP contribution is -2.49. The number of carbonyl (C=O) groups excluding carboxylic acids is 1. The van der Waals surface area contributed by atoms with Crippen LogP contribution in [0, 0.1) is 17.5 Å². The molecule has 34 heavy (non-hydrogen) atoms. The summed E-state index contributed by atoms with van der Waals surface area (Å²) in [5.74, 6) is -3.72. The lowest BCUT2D eigenvalue weighted by Gasteiger charge is -2.32. The van der Waals surface area contributed by atoms with Crippen molar-refractivity contribution in [3.05, 3.63) is 83.2 Å². The first-order chi connectivity index (χ1) is 16.4. The lowest BCUT2D eigenvalue weighted by molar-refractivity contribution is -0.121. The number of hydrogen-bond donors (Lipinski definition) is 2. The molecule has 0 bridgehead atoms. The van der Waals surface area contributed by atoms with Crippen LogP contribution in [0.15, 0.2) is 59.6 Å². The Labute approximate surface area is 194 Å². The number of carbonyl (C=O) groups is 1. The number of nitrogens with zero attached hydrogens (tertiary/aromatic N) is 1. The maximum atomic E-state index is 14.6. The summed E-state index contributed by atoms with van der Waals surface area (Å²) in [5.41, 5.74) is 1.47. The average Bonchev–Trinajstić information content (AvgIpc) is 2.97. The molecule has 0 atom stereocenters. The van der Waals surface area contributed by atoms with Crippen LogP contribution in [0.3, 0.4) is 0 Å². The number of hydrogen-bond acceptors (Lipinski definition) is 4. The Morgan fingerprint density at radius 3 is 2.44 bits per heavy atom. The largest absolute Gasteiger partial charge is 0.496 e. The van der Waals surface area contributed by atoms with E-state index in [0.29, 0.717) is 59.8 Å². The molecule has 2 N–H and O–H groups in total. The van der Waals surface area contributed by atoms with Gasteiger partial charge >= 0.3 is 0 Å². The van der Waals surface area contributed by atoms with Gasteiger partial charge in [-0.25, -0.2) is 13.2 Å². The van der Waals surface area contributed by atoms with Crippen LogP contribution in [0.2, 0.25) is 0 Å². The molecule has 1 spiro atoms. The van der Waals surface area contributed by atoms with Gasteiger partial charge in [0.2, 0.25) is 0 Å². The van der Waals surface area contributed by atoms with Gasteiger partial charge in [-0.15, -0.1) is 0 Å². The number of aliphatic imine (C=N–C) groups is 1. The number of halogens is 3. The molecule has 0 aliphatic carbocycles. The molecule has 2 aliphatic rings. The Balaban J connectivity index is 1.76. The van der Waals surface area contributed by atoms with E-state index in [0.717, 1.165) is 6.07 Å². The van der Waals surface area contributed by atoms with Crippen molar-refractivity contribution in [3.63, 3.8) is 0 Å². The quantitative estimate of drug-likeness (QED) is 0.552. The molecule has 8 heteroatoms. The highest BCUT2D eigenvalue weighted by molar-refractivity contribution is 6.22. The number of fused-ring (bicyclic) bond motifs is 1. The van der Waals surface area contributed by atoms with Crippen LogP contribution in [-0.4, -0.2) is 37.4 Å². The third-order valence-electron chi connectivity index (χ3n) is 6.41. The van der Waals surface area contributed by atoms with Crippen molar-refractivity contribution in [2.45, 2.75) is 18.4 Å². The van der Waals surface area contributed by atoms with E-state index in [2.05, 4.69) is 10.6 Å². The number of ether oxygens (including phenoxy) is 1. The molecule has 5 nitrogen and oxygen atoms in total. The topological polar surface area (TPSA) is 62.7 Å². The van der Waals surface area contributed by atoms with Gasteiger partial charge in [-0.3, -0.25) is 9.79 Å². The lowest BCUT2D eigenvalue weighted by atomic mass is 9.87. The van der Waals surface area contributed by atoms with E-state index in [9.17, 15) is 18.0 Å². The molecule has 3 aromatic carbocycles. The number of nitrogens with one attached hydrogen (secondary N) is 2. The maximum absolute atomic E-state index is 14.6. The minimum atomic E-state index is -1.53. The van der Waals surface area contributed by atoms with Gasteiger partial charge in [0.05, 0.1) is 18.5 Å². The van der Waals surface area contributed by atoms with Gasteiger partial charge in [0.25, 0.3) is 5.91 Å². The van der Waals surface area contributed by atoms with Crippen molar-refractivity contribution in [2.75, 3.05) is 25.5 Å². The number of benzene rings is 3. The van der Waals surface area contributed by atoms with Gasteiger partial charge < -0.3 is 15.4 Å². The number of para-hydroxylation sites is 1. The van der Waals surface area contributed by atoms with E-state index in [1.54, 1.807) is 31.4 Å². The predicted molar refractivity (Wildman–Crippen MR) is 124 cm³/mol. The molecule has 1 amide bonds. The summed E-state index contributed by atoms with van der Waals surface area (Å²) < 4.78 is 47.6. The van der Waals surface area contributed by atoms with Crippen LogP contribution in [0.5, 0.6) is 5.75 Å². The summed E-state index contributed by atoms with van der Waals surface area (Å²) >= 11 is 0. The molecule has 0 aromatic heterocycles. The monoisotopic (exact) mass is 465 g/mol. The fraction of sp³-hybridized carbons (Fsp3) is 0.231. The Morgan fingerprint density at radius 1 is 0.912 bits per heavy atom. The molecule has 2 aliphatic heterocycles. The number of anilines is 1. The van der Waals surface area contributed by atoms with Crippen LogP contribution in [0.1, 0.15) is 24.0 Å². The molecule has 0 radical (unpaired) electrons. The molecular weight excluding hydrogens is 443 g/mol. The van der Waals surface area contributed by atoms with E-state index in [-0.39, 0.29) is 11.5 Å². The minimum Gasteiger partial charge on any atom is -0.496 e. The second kappa shape index (κ2) is 8.61. The Morgan fingerprint density at radius 2 is 1.68 bits per heavy atom. The molecule has 2 heterocycles. The number of amides is 1. The first kappa shape index (κ1) is 22.2. The Hall–Kier alpha value is -3.65. The smallest absolute Gasteiger partial charge is 0.252 e. The van der Waals surface area contributed by atoms with Crippen LogP contribution < -0.4 is 15.4 Å². The molecule has 174 valence electrons. The van der Waals surface area contributed by atoms with Crippen molar-refractivity contribution in [3.8, 4) is 16.9 Å². The normalized spacial score (nSPS) is 16.9. The van der Waals surface area contributed by atoms with Crippen molar-refractivity contribution in [2.24, 2.45) is 4.99 Å². The van der Waals surface area contributed by atoms with Gasteiger partial charge in [0.15, 0.2) is 17.5 Å². The van der Waals surface area contributed by atoms with Crippen molar-refractivity contribution < 1.29 is 22.7 Å². The molecule has 1 fully saturated rings. The first-order valence-electron chi connectivity index (χ1n) is 11.0. The molecule has 5 rings (SSSR count). The second-order valence-corrected chi connectivity index (χ2v) is 8.38. The highest BCUT2D eigenvalue weighted by atomic mass is 19.2. The highest BCUT2D eigenvalue weighted by Gasteiger charge is 2.42. The van der Waals surface area contributed by atoms with E-state index < -0.39 is 23.0 Å². The Bertz CT molecular complexity index is 1320. The van der Waals surface area contributed by atoms with E-state index in [1.807, 2.05) is 18.2 Å². The molecular formula is C26H22F3N3O2. The fourth-order valence-electron chi connectivity index (χ4n) is 4.55. The summed E-state index contributed by atoms with van der Waals surface area (Å²) in [6.07, 6.45) is 1.02. The van der Waals surface area contributed by atoms with Gasteiger partial charge in [-0.1, -0.05) is 18.2 Å². The molecule has 0 unspecified atom stereocenters. The van der Waals surface area contributed by atoms with Crippen LogP contribution in [0.4, 0.5) is 18.9 Å². The summed E-state index contributed by atoms with van der Waals surface area (Å²) in [6, 6.07) is 14.2. The average molecular weight is 465 g/mol. The molecule has 0 saturated carbocycles. The first-order valence-corrected chi connectivity index (χ1v) is 11.0. The van der Waals surface area contributed by atoms with Gasteiger partial charge in [0.1, 0.15) is 11.3 Å². The van der Waals surface area contributed by atoms with Crippen LogP contribution in [-0.2, 0) is 4.79 Å². The van der Waals surface area contributed by atoms with Crippen molar-refractivity contribution in [1.82, 2.24) is 5.32 Å². The van der Waals surface area contributed by atoms with Gasteiger partial charge in [-0.2, -0.15) is 0 Å². The highest BCUT2D eigenvalue weighted by Crippen LogP contribution is 2.37. The maximum Gasteiger partial charge on any atom is 0.252 e. The van der Waals surface area contributed by atoms with Crippen LogP contribution >= 0.6 is 0 Å². The number of rotatable bonds is 3. The molecule has 3 aromatic rings. The summed E-state index contributed by atoms with van der Waals surface area (Å²) in [5, 5.41) is 6.24. The Kier molecular flexibility index (Phi) is 5.61. The number of methoxy groups -OCH3 is 1. The number of piperidine rings is 1. The fourth-order valence-corrected chi connectivity index (χ4v) is 4.55. The zero-order valence-corrected chi connectivity index (χ0v) is 18.4. The van der Waals surface area contributed by atoms with E-state index in [1.165, 1.54) is 6.07 Å². The summed E-state index contributed by atoms with van der Waals surface area (Å²) in [6.45, 7) is 1.27. The van der Waals surface area contributed by atoms with Crippen molar-refractivity contribution in [1.29, 1.82) is 0 Å². The third-order valence-corrected chi connectivity index (χ3v) is 6.41. The minimum absolute atomic E-state index is 0.0896. The van der Waals surface area contributed by atoms with Crippen LogP contribution in [0.25, 0.3) is 11.1 Å². The standard InChI is InChI=1S/C26H22F3N3O2/c1-34-21-5-3-2-4-17(21)24-18-14-15(16-7-8-19(27)23(29)22(16)28)6-9-20(18)31-25(33)26(32-24)10-12-30-13-11-26/h2-9,14,30H,10-13H2,1H3,(H,31,33). The zero-order valence-electron chi connectivity index (χ0n) is 18.4.